The van der Waals surface area contributed by atoms with Crippen LogP contribution in [-0.4, -0.2) is 31.8 Å². The second-order valence-corrected chi connectivity index (χ2v) is 7.03. The van der Waals surface area contributed by atoms with Crippen molar-refractivity contribution in [3.05, 3.63) is 76.3 Å². The molecule has 1 fully saturated rings. The quantitative estimate of drug-likeness (QED) is 0.663. The van der Waals surface area contributed by atoms with Gasteiger partial charge in [-0.2, -0.15) is 9.90 Å². The van der Waals surface area contributed by atoms with Gasteiger partial charge in [0, 0.05) is 16.6 Å². The highest BCUT2D eigenvalue weighted by atomic mass is 35.5. The van der Waals surface area contributed by atoms with E-state index < -0.39 is 5.82 Å². The summed E-state index contributed by atoms with van der Waals surface area (Å²) in [6, 6.07) is 14.0. The van der Waals surface area contributed by atoms with E-state index in [1.165, 1.54) is 10.9 Å². The molecule has 0 aliphatic heterocycles. The molecule has 5 nitrogen and oxygen atoms in total. The molecule has 138 valence electrons. The number of carbonyl (C=O) groups is 1. The Morgan fingerprint density at radius 1 is 1.19 bits per heavy atom. The van der Waals surface area contributed by atoms with Crippen molar-refractivity contribution in [2.45, 2.75) is 32.4 Å². The molecule has 1 saturated carbocycles. The van der Waals surface area contributed by atoms with E-state index in [0.717, 1.165) is 18.5 Å². The number of halogens is 2. The maximum absolute atomic E-state index is 14.2. The van der Waals surface area contributed by atoms with Crippen LogP contribution < -0.4 is 0 Å². The van der Waals surface area contributed by atoms with Crippen LogP contribution in [0.5, 0.6) is 0 Å². The molecule has 0 bridgehead atoms. The Kier molecular flexibility index (Phi) is 4.66. The van der Waals surface area contributed by atoms with Crippen LogP contribution in [0.1, 0.15) is 34.6 Å². The van der Waals surface area contributed by atoms with Crippen molar-refractivity contribution in [1.29, 1.82) is 0 Å². The number of aryl methyl sites for hydroxylation is 1. The zero-order valence-electron chi connectivity index (χ0n) is 14.8. The van der Waals surface area contributed by atoms with E-state index in [0.29, 0.717) is 16.3 Å². The Morgan fingerprint density at radius 2 is 1.93 bits per heavy atom. The highest BCUT2D eigenvalue weighted by Crippen LogP contribution is 2.32. The first kappa shape index (κ1) is 17.7. The molecule has 27 heavy (non-hydrogen) atoms. The molecule has 0 spiro atoms. The van der Waals surface area contributed by atoms with Gasteiger partial charge in [-0.25, -0.2) is 4.39 Å². The first-order chi connectivity index (χ1) is 13.0. The van der Waals surface area contributed by atoms with E-state index in [-0.39, 0.29) is 24.2 Å². The number of hydrogen-bond donors (Lipinski definition) is 0. The van der Waals surface area contributed by atoms with Crippen molar-refractivity contribution < 1.29 is 9.18 Å². The van der Waals surface area contributed by atoms with Crippen LogP contribution in [0.25, 0.3) is 5.69 Å². The lowest BCUT2D eigenvalue weighted by molar-refractivity contribution is 0.0721. The molecule has 1 aromatic heterocycles. The Labute approximate surface area is 161 Å². The smallest absolute Gasteiger partial charge is 0.276 e. The third-order valence-corrected chi connectivity index (χ3v) is 4.96. The van der Waals surface area contributed by atoms with E-state index >= 15 is 0 Å². The predicted molar refractivity (Wildman–Crippen MR) is 100 cm³/mol. The number of amides is 1. The van der Waals surface area contributed by atoms with Gasteiger partial charge in [0.05, 0.1) is 17.9 Å². The standard InChI is InChI=1S/C20H18ClFN4O/c1-13-19(24-26(23-13)15-6-3-2-4-7-15)20(27)25(14-10-11-14)12-16-17(21)8-5-9-18(16)22/h2-9,14H,10-12H2,1H3. The summed E-state index contributed by atoms with van der Waals surface area (Å²) >= 11 is 6.15. The second kappa shape index (κ2) is 7.12. The molecule has 4 rings (SSSR count). The molecule has 7 heteroatoms. The van der Waals surface area contributed by atoms with Crippen LogP contribution in [0.4, 0.5) is 4.39 Å². The molecule has 0 N–H and O–H groups in total. The molecule has 1 amide bonds. The summed E-state index contributed by atoms with van der Waals surface area (Å²) < 4.78 is 14.2. The van der Waals surface area contributed by atoms with Crippen molar-refractivity contribution >= 4 is 17.5 Å². The minimum absolute atomic E-state index is 0.0782. The van der Waals surface area contributed by atoms with Crippen LogP contribution >= 0.6 is 11.6 Å². The summed E-state index contributed by atoms with van der Waals surface area (Å²) in [6.45, 7) is 1.87. The highest BCUT2D eigenvalue weighted by molar-refractivity contribution is 6.31. The summed E-state index contributed by atoms with van der Waals surface area (Å²) in [6.07, 6.45) is 1.79. The minimum atomic E-state index is -0.411. The number of hydrogen-bond acceptors (Lipinski definition) is 3. The lowest BCUT2D eigenvalue weighted by Crippen LogP contribution is -2.33. The van der Waals surface area contributed by atoms with Gasteiger partial charge in [0.2, 0.25) is 0 Å². The molecule has 0 atom stereocenters. The zero-order chi connectivity index (χ0) is 19.0. The van der Waals surface area contributed by atoms with Gasteiger partial charge in [0.25, 0.3) is 5.91 Å². The molecule has 0 radical (unpaired) electrons. The van der Waals surface area contributed by atoms with Gasteiger partial charge in [-0.3, -0.25) is 4.79 Å². The molecule has 3 aromatic rings. The van der Waals surface area contributed by atoms with E-state index in [1.54, 1.807) is 24.0 Å². The molecule has 1 aliphatic rings. The lowest BCUT2D eigenvalue weighted by Gasteiger charge is -2.22. The summed E-state index contributed by atoms with van der Waals surface area (Å²) in [4.78, 5) is 16.3. The molecule has 0 unspecified atom stereocenters. The molecular weight excluding hydrogens is 367 g/mol. The lowest BCUT2D eigenvalue weighted by atomic mass is 10.1. The fourth-order valence-corrected chi connectivity index (χ4v) is 3.22. The second-order valence-electron chi connectivity index (χ2n) is 6.62. The van der Waals surface area contributed by atoms with Gasteiger partial charge in [-0.1, -0.05) is 35.9 Å². The van der Waals surface area contributed by atoms with E-state index in [4.69, 9.17) is 11.6 Å². The van der Waals surface area contributed by atoms with Crippen LogP contribution in [0, 0.1) is 12.7 Å². The highest BCUT2D eigenvalue weighted by Gasteiger charge is 2.36. The zero-order valence-corrected chi connectivity index (χ0v) is 15.5. The SMILES string of the molecule is Cc1nn(-c2ccccc2)nc1C(=O)N(Cc1c(F)cccc1Cl)C1CC1. The molecule has 2 aromatic carbocycles. The van der Waals surface area contributed by atoms with Gasteiger partial charge in [0.15, 0.2) is 5.69 Å². The van der Waals surface area contributed by atoms with Gasteiger partial charge >= 0.3 is 0 Å². The van der Waals surface area contributed by atoms with Crippen LogP contribution in [0.3, 0.4) is 0 Å². The third-order valence-electron chi connectivity index (χ3n) is 4.61. The summed E-state index contributed by atoms with van der Waals surface area (Å²) in [5, 5.41) is 9.07. The maximum Gasteiger partial charge on any atom is 0.276 e. The van der Waals surface area contributed by atoms with Gasteiger partial charge in [0.1, 0.15) is 5.82 Å². The number of nitrogens with zero attached hydrogens (tertiary/aromatic N) is 4. The first-order valence-electron chi connectivity index (χ1n) is 8.78. The van der Waals surface area contributed by atoms with Gasteiger partial charge in [-0.05, 0) is 44.0 Å². The number of para-hydroxylation sites is 1. The molecular formula is C20H18ClFN4O. The Morgan fingerprint density at radius 3 is 2.59 bits per heavy atom. The minimum Gasteiger partial charge on any atom is -0.330 e. The van der Waals surface area contributed by atoms with Crippen molar-refractivity contribution in [3.63, 3.8) is 0 Å². The van der Waals surface area contributed by atoms with E-state index in [9.17, 15) is 9.18 Å². The van der Waals surface area contributed by atoms with Gasteiger partial charge < -0.3 is 4.90 Å². The fourth-order valence-electron chi connectivity index (χ4n) is 3.00. The summed E-state index contributed by atoms with van der Waals surface area (Å²) in [5.41, 5.74) is 1.91. The number of rotatable bonds is 5. The predicted octanol–water partition coefficient (Wildman–Crippen LogP) is 4.17. The van der Waals surface area contributed by atoms with Gasteiger partial charge in [-0.15, -0.1) is 5.10 Å². The average Bonchev–Trinajstić information content (AvgIpc) is 3.43. The third kappa shape index (κ3) is 3.57. The largest absolute Gasteiger partial charge is 0.330 e. The Bertz CT molecular complexity index is 965. The Balaban J connectivity index is 1.65. The first-order valence-corrected chi connectivity index (χ1v) is 9.15. The Hall–Kier alpha value is -2.73. The normalized spacial score (nSPS) is 13.6. The van der Waals surface area contributed by atoms with E-state index in [1.807, 2.05) is 30.3 Å². The van der Waals surface area contributed by atoms with Crippen LogP contribution in [0.15, 0.2) is 48.5 Å². The van der Waals surface area contributed by atoms with Crippen LogP contribution in [-0.2, 0) is 6.54 Å². The fraction of sp³-hybridized carbons (Fsp3) is 0.250. The monoisotopic (exact) mass is 384 g/mol. The number of benzene rings is 2. The molecule has 0 saturated heterocycles. The molecule has 1 aliphatic carbocycles. The average molecular weight is 385 g/mol. The molecule has 1 heterocycles. The van der Waals surface area contributed by atoms with Crippen molar-refractivity contribution in [2.75, 3.05) is 0 Å². The summed E-state index contributed by atoms with van der Waals surface area (Å²) in [7, 11) is 0. The topological polar surface area (TPSA) is 51.0 Å². The van der Waals surface area contributed by atoms with Crippen molar-refractivity contribution in [3.8, 4) is 5.69 Å². The maximum atomic E-state index is 14.2. The van der Waals surface area contributed by atoms with Crippen molar-refractivity contribution in [1.82, 2.24) is 19.9 Å². The van der Waals surface area contributed by atoms with Crippen molar-refractivity contribution in [2.24, 2.45) is 0 Å². The van der Waals surface area contributed by atoms with Crippen LogP contribution in [0.2, 0.25) is 5.02 Å². The summed E-state index contributed by atoms with van der Waals surface area (Å²) in [5.74, 6) is -0.665. The number of carbonyl (C=O) groups excluding carboxylic acids is 1. The number of aromatic nitrogens is 3. The van der Waals surface area contributed by atoms with E-state index in [2.05, 4.69) is 10.2 Å².